The molecule has 2 aromatic carbocycles. The molecule has 0 spiro atoms. The summed E-state index contributed by atoms with van der Waals surface area (Å²) in [6, 6.07) is 17.3. The quantitative estimate of drug-likeness (QED) is 0.809. The Balaban J connectivity index is 1.71. The van der Waals surface area contributed by atoms with E-state index in [9.17, 15) is 4.79 Å². The first-order valence-corrected chi connectivity index (χ1v) is 7.05. The third-order valence-corrected chi connectivity index (χ3v) is 3.79. The Hall–Kier alpha value is -2.17. The van der Waals surface area contributed by atoms with Crippen LogP contribution in [0, 0.1) is 0 Å². The van der Waals surface area contributed by atoms with Crippen molar-refractivity contribution in [2.45, 2.75) is 12.3 Å². The number of rotatable bonds is 4. The van der Waals surface area contributed by atoms with Crippen LogP contribution in [0.25, 0.3) is 0 Å². The van der Waals surface area contributed by atoms with Crippen LogP contribution in [0.15, 0.2) is 54.6 Å². The summed E-state index contributed by atoms with van der Waals surface area (Å²) in [6.07, 6.45) is -0.203. The predicted molar refractivity (Wildman–Crippen MR) is 78.1 cm³/mol. The second kappa shape index (κ2) is 4.98. The number of epoxide rings is 1. The molecule has 0 aromatic heterocycles. The lowest BCUT2D eigenvalue weighted by molar-refractivity contribution is 0.0428. The Morgan fingerprint density at radius 2 is 1.81 bits per heavy atom. The summed E-state index contributed by atoms with van der Waals surface area (Å²) in [5, 5.41) is 0. The van der Waals surface area contributed by atoms with Crippen LogP contribution >= 0.6 is 0 Å². The second-order valence-corrected chi connectivity index (χ2v) is 5.24. The van der Waals surface area contributed by atoms with Gasteiger partial charge in [0.2, 0.25) is 0 Å². The van der Waals surface area contributed by atoms with Gasteiger partial charge in [0, 0.05) is 16.8 Å². The number of para-hydroxylation sites is 1. The maximum absolute atomic E-state index is 12.7. The maximum atomic E-state index is 12.7. The number of anilines is 1. The molecule has 2 aliphatic heterocycles. The summed E-state index contributed by atoms with van der Waals surface area (Å²) in [4.78, 5) is 14.4. The predicted octanol–water partition coefficient (Wildman–Crippen LogP) is 2.76. The first kappa shape index (κ1) is 12.6. The van der Waals surface area contributed by atoms with E-state index in [-0.39, 0.29) is 18.2 Å². The van der Waals surface area contributed by atoms with Gasteiger partial charge >= 0.3 is 0 Å². The molecule has 0 N–H and O–H groups in total. The Labute approximate surface area is 122 Å². The first-order valence-electron chi connectivity index (χ1n) is 7.05. The van der Waals surface area contributed by atoms with Gasteiger partial charge in [0.1, 0.15) is 6.10 Å². The molecule has 2 unspecified atom stereocenters. The summed E-state index contributed by atoms with van der Waals surface area (Å²) in [7, 11) is 0. The van der Waals surface area contributed by atoms with Gasteiger partial charge < -0.3 is 9.47 Å². The summed E-state index contributed by atoms with van der Waals surface area (Å²) in [5.74, 6) is -0.0153. The fourth-order valence-corrected chi connectivity index (χ4v) is 2.65. The van der Waals surface area contributed by atoms with E-state index in [1.54, 1.807) is 4.90 Å². The zero-order valence-corrected chi connectivity index (χ0v) is 11.4. The van der Waals surface area contributed by atoms with Crippen molar-refractivity contribution in [2.24, 2.45) is 0 Å². The molecule has 21 heavy (non-hydrogen) atoms. The monoisotopic (exact) mass is 281 g/mol. The van der Waals surface area contributed by atoms with Crippen molar-refractivity contribution in [2.75, 3.05) is 18.1 Å². The Kier molecular flexibility index (Phi) is 2.98. The summed E-state index contributed by atoms with van der Waals surface area (Å²) < 4.78 is 11.2. The van der Waals surface area contributed by atoms with Crippen LogP contribution in [0.5, 0.6) is 0 Å². The number of benzene rings is 2. The van der Waals surface area contributed by atoms with Gasteiger partial charge in [-0.2, -0.15) is 0 Å². The summed E-state index contributed by atoms with van der Waals surface area (Å²) >= 11 is 0. The van der Waals surface area contributed by atoms with Crippen LogP contribution in [0.2, 0.25) is 0 Å². The largest absolute Gasteiger partial charge is 0.371 e. The number of hydrogen-bond acceptors (Lipinski definition) is 3. The molecule has 106 valence electrons. The summed E-state index contributed by atoms with van der Waals surface area (Å²) in [6.45, 7) is 1.25. The molecule has 4 nitrogen and oxygen atoms in total. The minimum atomic E-state index is -0.375. The standard InChI is InChI=1S/C17H15NO3/c19-16-14-8-4-5-9-15(14)17(21-11-13-10-20-13)18(16)12-6-2-1-3-7-12/h1-9,13,17H,10-11H2. The number of amides is 1. The first-order chi connectivity index (χ1) is 10.3. The molecule has 0 saturated carbocycles. The number of fused-ring (bicyclic) bond motifs is 1. The SMILES string of the molecule is O=C1c2ccccc2C(OCC2CO2)N1c1ccccc1. The van der Waals surface area contributed by atoms with Gasteiger partial charge in [-0.05, 0) is 18.2 Å². The lowest BCUT2D eigenvalue weighted by Gasteiger charge is -2.25. The molecule has 0 radical (unpaired) electrons. The highest BCUT2D eigenvalue weighted by Gasteiger charge is 2.39. The molecule has 4 heteroatoms. The van der Waals surface area contributed by atoms with Gasteiger partial charge in [-0.1, -0.05) is 36.4 Å². The average Bonchev–Trinajstić information content (AvgIpc) is 3.32. The van der Waals surface area contributed by atoms with Gasteiger partial charge in [-0.3, -0.25) is 9.69 Å². The van der Waals surface area contributed by atoms with Crippen LogP contribution in [0.4, 0.5) is 5.69 Å². The van der Waals surface area contributed by atoms with Crippen molar-refractivity contribution >= 4 is 11.6 Å². The molecule has 1 amide bonds. The van der Waals surface area contributed by atoms with Crippen LogP contribution in [-0.4, -0.2) is 25.2 Å². The molecule has 0 bridgehead atoms. The number of carbonyl (C=O) groups is 1. The normalized spacial score (nSPS) is 23.2. The molecule has 1 fully saturated rings. The topological polar surface area (TPSA) is 42.1 Å². The van der Waals surface area contributed by atoms with Gasteiger partial charge in [0.15, 0.2) is 6.23 Å². The van der Waals surface area contributed by atoms with E-state index in [0.29, 0.717) is 12.2 Å². The number of ether oxygens (including phenoxy) is 2. The highest BCUT2D eigenvalue weighted by Crippen LogP contribution is 2.38. The lowest BCUT2D eigenvalue weighted by Crippen LogP contribution is -2.30. The summed E-state index contributed by atoms with van der Waals surface area (Å²) in [5.41, 5.74) is 2.48. The third kappa shape index (κ3) is 2.22. The van der Waals surface area contributed by atoms with E-state index in [2.05, 4.69) is 0 Å². The van der Waals surface area contributed by atoms with Crippen LogP contribution in [0.1, 0.15) is 22.1 Å². The average molecular weight is 281 g/mol. The zero-order valence-electron chi connectivity index (χ0n) is 11.4. The van der Waals surface area contributed by atoms with Gasteiger partial charge in [0.25, 0.3) is 5.91 Å². The van der Waals surface area contributed by atoms with E-state index >= 15 is 0 Å². The molecular weight excluding hydrogens is 266 g/mol. The smallest absolute Gasteiger partial charge is 0.261 e. The van der Waals surface area contributed by atoms with Crippen molar-refractivity contribution in [3.63, 3.8) is 0 Å². The lowest BCUT2D eigenvalue weighted by atomic mass is 10.1. The van der Waals surface area contributed by atoms with Gasteiger partial charge in [-0.25, -0.2) is 0 Å². The number of hydrogen-bond donors (Lipinski definition) is 0. The molecule has 2 aliphatic rings. The fraction of sp³-hybridized carbons (Fsp3) is 0.235. The highest BCUT2D eigenvalue weighted by molar-refractivity contribution is 6.10. The van der Waals surface area contributed by atoms with Crippen LogP contribution in [-0.2, 0) is 9.47 Å². The molecule has 0 aliphatic carbocycles. The van der Waals surface area contributed by atoms with Gasteiger partial charge in [-0.15, -0.1) is 0 Å². The highest BCUT2D eigenvalue weighted by atomic mass is 16.6. The number of carbonyl (C=O) groups excluding carboxylic acids is 1. The zero-order chi connectivity index (χ0) is 14.2. The minimum absolute atomic E-state index is 0.0153. The van der Waals surface area contributed by atoms with E-state index in [1.165, 1.54) is 0 Å². The molecule has 2 heterocycles. The Morgan fingerprint density at radius 3 is 2.57 bits per heavy atom. The van der Waals surface area contributed by atoms with Crippen LogP contribution in [0.3, 0.4) is 0 Å². The van der Waals surface area contributed by atoms with Crippen molar-refractivity contribution in [1.82, 2.24) is 0 Å². The third-order valence-electron chi connectivity index (χ3n) is 3.79. The van der Waals surface area contributed by atoms with E-state index in [4.69, 9.17) is 9.47 Å². The van der Waals surface area contributed by atoms with Crippen molar-refractivity contribution in [1.29, 1.82) is 0 Å². The molecule has 2 atom stereocenters. The van der Waals surface area contributed by atoms with Gasteiger partial charge in [0.05, 0.1) is 13.2 Å². The Morgan fingerprint density at radius 1 is 1.10 bits per heavy atom. The fourth-order valence-electron chi connectivity index (χ4n) is 2.65. The second-order valence-electron chi connectivity index (χ2n) is 5.24. The van der Waals surface area contributed by atoms with Crippen LogP contribution < -0.4 is 4.90 Å². The number of nitrogens with zero attached hydrogens (tertiary/aromatic N) is 1. The minimum Gasteiger partial charge on any atom is -0.371 e. The maximum Gasteiger partial charge on any atom is 0.261 e. The van der Waals surface area contributed by atoms with Crippen molar-refractivity contribution in [3.05, 3.63) is 65.7 Å². The molecular formula is C17H15NO3. The molecule has 2 aromatic rings. The van der Waals surface area contributed by atoms with E-state index in [0.717, 1.165) is 17.9 Å². The van der Waals surface area contributed by atoms with E-state index < -0.39 is 0 Å². The Bertz CT molecular complexity index is 667. The molecule has 1 saturated heterocycles. The molecule has 4 rings (SSSR count). The van der Waals surface area contributed by atoms with Crippen molar-refractivity contribution in [3.8, 4) is 0 Å². The van der Waals surface area contributed by atoms with E-state index in [1.807, 2.05) is 54.6 Å². The van der Waals surface area contributed by atoms with Crippen molar-refractivity contribution < 1.29 is 14.3 Å².